The number of aromatic nitrogens is 3. The lowest BCUT2D eigenvalue weighted by Gasteiger charge is -2.42. The van der Waals surface area contributed by atoms with Gasteiger partial charge in [-0.2, -0.15) is 4.31 Å². The van der Waals surface area contributed by atoms with Gasteiger partial charge in [-0.1, -0.05) is 18.2 Å². The molecule has 2 aromatic heterocycles. The summed E-state index contributed by atoms with van der Waals surface area (Å²) >= 11 is 0. The van der Waals surface area contributed by atoms with Gasteiger partial charge in [-0.25, -0.2) is 18.4 Å². The van der Waals surface area contributed by atoms with Crippen molar-refractivity contribution in [2.24, 2.45) is 5.92 Å². The van der Waals surface area contributed by atoms with E-state index in [9.17, 15) is 13.2 Å². The number of Topliss-reactive ketones (excluding diaryl/α,β-unsaturated/α-hetero) is 1. The molecule has 0 bridgehead atoms. The van der Waals surface area contributed by atoms with Crippen molar-refractivity contribution in [1.29, 1.82) is 0 Å². The van der Waals surface area contributed by atoms with E-state index in [1.807, 2.05) is 24.3 Å². The highest BCUT2D eigenvalue weighted by atomic mass is 32.2. The summed E-state index contributed by atoms with van der Waals surface area (Å²) in [5.74, 6) is 0.484. The fraction of sp³-hybridized carbons (Fsp3) is 0.458. The predicted molar refractivity (Wildman–Crippen MR) is 129 cm³/mol. The van der Waals surface area contributed by atoms with E-state index in [1.165, 1.54) is 36.7 Å². The summed E-state index contributed by atoms with van der Waals surface area (Å²) in [4.78, 5) is 23.0. The molecule has 0 radical (unpaired) electrons. The minimum Gasteiger partial charge on any atom is -0.383 e. The fourth-order valence-corrected chi connectivity index (χ4v) is 6.81. The zero-order valence-corrected chi connectivity index (χ0v) is 19.7. The number of anilines is 1. The summed E-state index contributed by atoms with van der Waals surface area (Å²) in [5.41, 5.74) is 9.85. The third kappa shape index (κ3) is 3.79. The Balaban J connectivity index is 1.30. The van der Waals surface area contributed by atoms with Crippen molar-refractivity contribution in [3.8, 4) is 11.1 Å². The van der Waals surface area contributed by atoms with Gasteiger partial charge in [0.25, 0.3) is 0 Å². The van der Waals surface area contributed by atoms with E-state index in [0.717, 1.165) is 46.5 Å². The number of nitrogens with two attached hydrogens (primary N) is 1. The lowest BCUT2D eigenvalue weighted by atomic mass is 9.79. The first-order chi connectivity index (χ1) is 16.4. The topological polar surface area (TPSA) is 114 Å². The van der Waals surface area contributed by atoms with Gasteiger partial charge in [-0.05, 0) is 55.5 Å². The third-order valence-corrected chi connectivity index (χ3v) is 9.13. The molecule has 6 rings (SSSR count). The number of nitrogen functional groups attached to an aromatic ring is 1. The first-order valence-electron chi connectivity index (χ1n) is 11.8. The average Bonchev–Trinajstić information content (AvgIpc) is 3.23. The first-order valence-corrected chi connectivity index (χ1v) is 13.4. The molecule has 2 saturated heterocycles. The van der Waals surface area contributed by atoms with Crippen LogP contribution >= 0.6 is 0 Å². The van der Waals surface area contributed by atoms with Gasteiger partial charge in [0.1, 0.15) is 23.5 Å². The molecule has 3 aromatic rings. The summed E-state index contributed by atoms with van der Waals surface area (Å²) < 4.78 is 28.0. The Morgan fingerprint density at radius 2 is 1.97 bits per heavy atom. The van der Waals surface area contributed by atoms with Gasteiger partial charge < -0.3 is 15.2 Å². The van der Waals surface area contributed by atoms with Crippen LogP contribution in [-0.4, -0.2) is 69.9 Å². The maximum atomic E-state index is 12.3. The Morgan fingerprint density at radius 3 is 2.68 bits per heavy atom. The number of hydrogen-bond donors (Lipinski definition) is 1. The maximum absolute atomic E-state index is 12.3. The quantitative estimate of drug-likeness (QED) is 0.574. The van der Waals surface area contributed by atoms with E-state index in [0.29, 0.717) is 11.9 Å². The van der Waals surface area contributed by atoms with Crippen LogP contribution < -0.4 is 5.73 Å². The van der Waals surface area contributed by atoms with E-state index < -0.39 is 15.8 Å². The van der Waals surface area contributed by atoms with Crippen LogP contribution in [0.4, 0.5) is 5.82 Å². The van der Waals surface area contributed by atoms with E-state index >= 15 is 0 Å². The standard InChI is InChI=1S/C24H28N6O3S/c25-23-22-21(18-4-1-3-16(7-18)11-29-12-20(31)14-34(29,32)33)13-30(24(22)27-15-26-23)19-8-17(9-19)10-28-5-2-6-28/h1,3-4,7,13,15,17,19H,2,5-6,8-12,14H2,(H2,25,26,27). The number of rotatable bonds is 6. The van der Waals surface area contributed by atoms with Crippen LogP contribution in [0.15, 0.2) is 36.8 Å². The molecule has 34 heavy (non-hydrogen) atoms. The Hall–Kier alpha value is -2.82. The summed E-state index contributed by atoms with van der Waals surface area (Å²) in [6, 6.07) is 8.14. The Morgan fingerprint density at radius 1 is 1.15 bits per heavy atom. The molecule has 1 aliphatic carbocycles. The van der Waals surface area contributed by atoms with Crippen LogP contribution in [0.25, 0.3) is 22.2 Å². The molecule has 0 spiro atoms. The second kappa shape index (κ2) is 8.14. The normalized spacial score (nSPS) is 24.9. The van der Waals surface area contributed by atoms with Crippen molar-refractivity contribution in [1.82, 2.24) is 23.7 Å². The number of benzene rings is 1. The first kappa shape index (κ1) is 21.7. The number of sulfonamides is 1. The zero-order valence-electron chi connectivity index (χ0n) is 18.9. The van der Waals surface area contributed by atoms with Crippen LogP contribution in [0, 0.1) is 5.92 Å². The van der Waals surface area contributed by atoms with Gasteiger partial charge in [-0.3, -0.25) is 4.79 Å². The highest BCUT2D eigenvalue weighted by Crippen LogP contribution is 2.43. The van der Waals surface area contributed by atoms with Crippen LogP contribution in [0.2, 0.25) is 0 Å². The summed E-state index contributed by atoms with van der Waals surface area (Å²) in [6.07, 6.45) is 7.21. The molecular weight excluding hydrogens is 452 g/mol. The smallest absolute Gasteiger partial charge is 0.222 e. The second-order valence-corrected chi connectivity index (χ2v) is 11.8. The number of carbonyl (C=O) groups excluding carboxylic acids is 1. The fourth-order valence-electron chi connectivity index (χ4n) is 5.44. The van der Waals surface area contributed by atoms with Crippen molar-refractivity contribution in [2.75, 3.05) is 37.7 Å². The molecule has 3 fully saturated rings. The van der Waals surface area contributed by atoms with E-state index in [2.05, 4.69) is 25.6 Å². The molecule has 10 heteroatoms. The van der Waals surface area contributed by atoms with Crippen molar-refractivity contribution in [2.45, 2.75) is 31.8 Å². The number of fused-ring (bicyclic) bond motifs is 1. The van der Waals surface area contributed by atoms with E-state index in [-0.39, 0.29) is 18.9 Å². The van der Waals surface area contributed by atoms with Gasteiger partial charge >= 0.3 is 0 Å². The van der Waals surface area contributed by atoms with Gasteiger partial charge in [0.15, 0.2) is 5.78 Å². The molecule has 2 N–H and O–H groups in total. The Bertz CT molecular complexity index is 1370. The minimum absolute atomic E-state index is 0.0626. The average molecular weight is 481 g/mol. The highest BCUT2D eigenvalue weighted by Gasteiger charge is 2.35. The SMILES string of the molecule is Nc1ncnc2c1c(-c1cccc(CN3CC(=O)CS3(=O)=O)c1)cn2C1CC(CN2CCC2)C1. The van der Waals surface area contributed by atoms with Gasteiger partial charge in [0.2, 0.25) is 10.0 Å². The van der Waals surface area contributed by atoms with Crippen LogP contribution in [0.5, 0.6) is 0 Å². The molecule has 0 unspecified atom stereocenters. The lowest BCUT2D eigenvalue weighted by Crippen LogP contribution is -2.43. The number of nitrogens with zero attached hydrogens (tertiary/aromatic N) is 5. The van der Waals surface area contributed by atoms with Gasteiger partial charge in [0, 0.05) is 30.9 Å². The van der Waals surface area contributed by atoms with E-state index in [1.54, 1.807) is 0 Å². The number of hydrogen-bond acceptors (Lipinski definition) is 7. The van der Waals surface area contributed by atoms with Gasteiger partial charge in [0.05, 0.1) is 11.9 Å². The molecular formula is C24H28N6O3S. The van der Waals surface area contributed by atoms with Gasteiger partial charge in [-0.15, -0.1) is 0 Å². The molecule has 3 aliphatic rings. The number of ketones is 1. The van der Waals surface area contributed by atoms with Crippen molar-refractivity contribution >= 4 is 32.7 Å². The molecule has 1 saturated carbocycles. The minimum atomic E-state index is -3.53. The van der Waals surface area contributed by atoms with Crippen molar-refractivity contribution < 1.29 is 13.2 Å². The molecule has 178 valence electrons. The molecule has 9 nitrogen and oxygen atoms in total. The van der Waals surface area contributed by atoms with Crippen molar-refractivity contribution in [3.05, 3.63) is 42.4 Å². The summed E-state index contributed by atoms with van der Waals surface area (Å²) in [6.45, 7) is 3.75. The molecule has 4 heterocycles. The summed E-state index contributed by atoms with van der Waals surface area (Å²) in [7, 11) is -3.53. The Labute approximate surface area is 198 Å². The monoisotopic (exact) mass is 480 g/mol. The summed E-state index contributed by atoms with van der Waals surface area (Å²) in [5, 5.41) is 0.829. The maximum Gasteiger partial charge on any atom is 0.222 e. The largest absolute Gasteiger partial charge is 0.383 e. The molecule has 1 aromatic carbocycles. The molecule has 2 aliphatic heterocycles. The van der Waals surface area contributed by atoms with Crippen molar-refractivity contribution in [3.63, 3.8) is 0 Å². The van der Waals surface area contributed by atoms with Crippen LogP contribution in [0.3, 0.4) is 0 Å². The number of carbonyl (C=O) groups is 1. The lowest BCUT2D eigenvalue weighted by molar-refractivity contribution is -0.116. The third-order valence-electron chi connectivity index (χ3n) is 7.39. The molecule has 0 atom stereocenters. The van der Waals surface area contributed by atoms with E-state index in [4.69, 9.17) is 5.73 Å². The Kier molecular flexibility index (Phi) is 5.20. The highest BCUT2D eigenvalue weighted by molar-refractivity contribution is 7.90. The number of likely N-dealkylation sites (tertiary alicyclic amines) is 1. The predicted octanol–water partition coefficient (Wildman–Crippen LogP) is 2.05. The molecule has 0 amide bonds. The van der Waals surface area contributed by atoms with Crippen LogP contribution in [0.1, 0.15) is 30.9 Å². The van der Waals surface area contributed by atoms with Crippen LogP contribution in [-0.2, 0) is 21.4 Å². The zero-order chi connectivity index (χ0) is 23.4. The second-order valence-electron chi connectivity index (χ2n) is 9.82.